The molecule has 0 aliphatic heterocycles. The molecule has 0 spiro atoms. The number of halogens is 2. The largest absolute Gasteiger partial charge is 0.274 e. The highest BCUT2D eigenvalue weighted by Crippen LogP contribution is 2.28. The molecule has 0 bridgehead atoms. The van der Waals surface area contributed by atoms with Crippen LogP contribution < -0.4 is 4.72 Å². The minimum Gasteiger partial charge on any atom is -0.262 e. The second-order valence-corrected chi connectivity index (χ2v) is 7.02. The van der Waals surface area contributed by atoms with Crippen molar-refractivity contribution in [3.63, 3.8) is 0 Å². The van der Waals surface area contributed by atoms with Crippen molar-refractivity contribution in [1.29, 1.82) is 0 Å². The summed E-state index contributed by atoms with van der Waals surface area (Å²) < 4.78 is 26.6. The van der Waals surface area contributed by atoms with Crippen LogP contribution in [0.25, 0.3) is 0 Å². The third-order valence-electron chi connectivity index (χ3n) is 1.84. The number of anilines is 1. The summed E-state index contributed by atoms with van der Waals surface area (Å²) in [5.74, 6) is 0.0823. The van der Waals surface area contributed by atoms with Gasteiger partial charge in [0.15, 0.2) is 8.68 Å². The molecule has 10 heteroatoms. The van der Waals surface area contributed by atoms with Crippen molar-refractivity contribution in [3.8, 4) is 0 Å². The molecule has 18 heavy (non-hydrogen) atoms. The van der Waals surface area contributed by atoms with Gasteiger partial charge in [0, 0.05) is 6.07 Å². The average Bonchev–Trinajstić information content (AvgIpc) is 2.58. The maximum atomic E-state index is 12.0. The molecule has 0 aromatic carbocycles. The minimum absolute atomic E-state index is 0.0437. The lowest BCUT2D eigenvalue weighted by Gasteiger charge is -2.05. The summed E-state index contributed by atoms with van der Waals surface area (Å²) >= 11 is 12.2. The van der Waals surface area contributed by atoms with Gasteiger partial charge in [-0.15, -0.1) is 0 Å². The zero-order valence-electron chi connectivity index (χ0n) is 8.89. The number of nitrogens with zero attached hydrogens (tertiary/aromatic N) is 3. The molecule has 2 aromatic heterocycles. The van der Waals surface area contributed by atoms with Gasteiger partial charge in [-0.1, -0.05) is 34.5 Å². The maximum absolute atomic E-state index is 12.0. The van der Waals surface area contributed by atoms with E-state index in [0.29, 0.717) is 5.69 Å². The highest BCUT2D eigenvalue weighted by molar-refractivity contribution is 7.94. The average molecular weight is 325 g/mol. The van der Waals surface area contributed by atoms with Gasteiger partial charge in [0.05, 0.1) is 5.69 Å². The van der Waals surface area contributed by atoms with Crippen LogP contribution in [-0.4, -0.2) is 23.4 Å². The van der Waals surface area contributed by atoms with Crippen LogP contribution in [0.4, 0.5) is 5.82 Å². The summed E-state index contributed by atoms with van der Waals surface area (Å²) in [6.45, 7) is 1.56. The molecule has 0 amide bonds. The van der Waals surface area contributed by atoms with E-state index >= 15 is 0 Å². The predicted octanol–water partition coefficient (Wildman–Crippen LogP) is 2.35. The highest BCUT2D eigenvalue weighted by atomic mass is 35.5. The molecular weight excluding hydrogens is 319 g/mol. The van der Waals surface area contributed by atoms with Crippen LogP contribution in [0.5, 0.6) is 0 Å². The van der Waals surface area contributed by atoms with Gasteiger partial charge in [0.2, 0.25) is 0 Å². The molecule has 0 radical (unpaired) electrons. The van der Waals surface area contributed by atoms with Gasteiger partial charge in [-0.25, -0.2) is 23.4 Å². The van der Waals surface area contributed by atoms with E-state index in [4.69, 9.17) is 23.2 Å². The molecular formula is C8H6Cl2N4O2S2. The quantitative estimate of drug-likeness (QED) is 0.876. The Labute approximate surface area is 117 Å². The van der Waals surface area contributed by atoms with Crippen LogP contribution in [-0.2, 0) is 10.0 Å². The Morgan fingerprint density at radius 1 is 1.33 bits per heavy atom. The number of aryl methyl sites for hydroxylation is 1. The van der Waals surface area contributed by atoms with E-state index in [9.17, 15) is 8.42 Å². The van der Waals surface area contributed by atoms with E-state index in [2.05, 4.69) is 19.7 Å². The normalized spacial score (nSPS) is 11.5. The number of thiazole rings is 1. The van der Waals surface area contributed by atoms with Crippen LogP contribution >= 0.6 is 34.5 Å². The lowest BCUT2D eigenvalue weighted by molar-refractivity contribution is 0.602. The van der Waals surface area contributed by atoms with Gasteiger partial charge >= 0.3 is 0 Å². The van der Waals surface area contributed by atoms with Crippen molar-refractivity contribution in [3.05, 3.63) is 27.7 Å². The Hall–Kier alpha value is -0.960. The van der Waals surface area contributed by atoms with Crippen molar-refractivity contribution in [2.45, 2.75) is 11.1 Å². The number of sulfonamides is 1. The van der Waals surface area contributed by atoms with E-state index < -0.39 is 10.0 Å². The molecule has 0 atom stereocenters. The predicted molar refractivity (Wildman–Crippen MR) is 69.7 cm³/mol. The van der Waals surface area contributed by atoms with Crippen molar-refractivity contribution in [2.24, 2.45) is 0 Å². The molecule has 96 valence electrons. The molecule has 2 rings (SSSR count). The fraction of sp³-hybridized carbons (Fsp3) is 0.125. The van der Waals surface area contributed by atoms with Gasteiger partial charge in [-0.05, 0) is 6.92 Å². The molecule has 1 N–H and O–H groups in total. The van der Waals surface area contributed by atoms with Gasteiger partial charge in [-0.2, -0.15) is 0 Å². The third kappa shape index (κ3) is 2.89. The fourth-order valence-electron chi connectivity index (χ4n) is 1.17. The number of hydrogen-bond acceptors (Lipinski definition) is 6. The van der Waals surface area contributed by atoms with Crippen molar-refractivity contribution >= 4 is 50.4 Å². The Morgan fingerprint density at radius 3 is 2.61 bits per heavy atom. The van der Waals surface area contributed by atoms with Gasteiger partial charge in [0.25, 0.3) is 10.0 Å². The van der Waals surface area contributed by atoms with Gasteiger partial charge < -0.3 is 0 Å². The molecule has 6 nitrogen and oxygen atoms in total. The Bertz CT molecular complexity index is 686. The molecule has 2 aromatic rings. The summed E-state index contributed by atoms with van der Waals surface area (Å²) in [7, 11) is -3.77. The zero-order chi connectivity index (χ0) is 13.3. The van der Waals surface area contributed by atoms with Crippen LogP contribution in [0.1, 0.15) is 5.69 Å². The second kappa shape index (κ2) is 4.96. The zero-order valence-corrected chi connectivity index (χ0v) is 12.0. The Balaban J connectivity index is 2.36. The van der Waals surface area contributed by atoms with E-state index in [0.717, 1.165) is 17.7 Å². The smallest absolute Gasteiger partial charge is 0.262 e. The first kappa shape index (κ1) is 13.5. The summed E-state index contributed by atoms with van der Waals surface area (Å²) in [5, 5.41) is 0.141. The molecule has 0 aliphatic rings. The van der Waals surface area contributed by atoms with Crippen LogP contribution in [0.15, 0.2) is 16.6 Å². The van der Waals surface area contributed by atoms with Crippen molar-refractivity contribution in [2.75, 3.05) is 4.72 Å². The first-order valence-electron chi connectivity index (χ1n) is 4.52. The fourth-order valence-corrected chi connectivity index (χ4v) is 4.06. The lowest BCUT2D eigenvalue weighted by Crippen LogP contribution is -2.13. The molecule has 0 aliphatic carbocycles. The number of hydrogen-bond donors (Lipinski definition) is 1. The Morgan fingerprint density at radius 2 is 2.06 bits per heavy atom. The van der Waals surface area contributed by atoms with Crippen LogP contribution in [0.3, 0.4) is 0 Å². The molecule has 0 fully saturated rings. The SMILES string of the molecule is Cc1nc(Cl)sc1S(=O)(=O)Nc1cc(Cl)ncn1. The standard InChI is InChI=1S/C8H6Cl2N4O2S2/c1-4-7(17-8(10)13-4)18(15,16)14-6-2-5(9)11-3-12-6/h2-3H,1H3,(H,11,12,14). The summed E-state index contributed by atoms with van der Waals surface area (Å²) in [6, 6.07) is 1.30. The number of rotatable bonds is 3. The second-order valence-electron chi connectivity index (χ2n) is 3.17. The summed E-state index contributed by atoms with van der Waals surface area (Å²) in [5.41, 5.74) is 0.331. The summed E-state index contributed by atoms with van der Waals surface area (Å²) in [6.07, 6.45) is 1.16. The Kier molecular flexibility index (Phi) is 3.71. The monoisotopic (exact) mass is 324 g/mol. The lowest BCUT2D eigenvalue weighted by atomic mass is 10.6. The molecule has 0 saturated heterocycles. The van der Waals surface area contributed by atoms with Gasteiger partial charge in [0.1, 0.15) is 17.3 Å². The first-order valence-corrected chi connectivity index (χ1v) is 7.57. The number of aromatic nitrogens is 3. The molecule has 2 heterocycles. The highest BCUT2D eigenvalue weighted by Gasteiger charge is 2.22. The van der Waals surface area contributed by atoms with Crippen molar-refractivity contribution in [1.82, 2.24) is 15.0 Å². The number of nitrogens with one attached hydrogen (secondary N) is 1. The van der Waals surface area contributed by atoms with Gasteiger partial charge in [-0.3, -0.25) is 4.72 Å². The first-order chi connectivity index (χ1) is 8.38. The third-order valence-corrected chi connectivity index (χ3v) is 5.28. The van der Waals surface area contributed by atoms with Crippen molar-refractivity contribution < 1.29 is 8.42 Å². The molecule has 0 saturated carbocycles. The van der Waals surface area contributed by atoms with E-state index in [1.807, 2.05) is 0 Å². The minimum atomic E-state index is -3.77. The topological polar surface area (TPSA) is 84.8 Å². The van der Waals surface area contributed by atoms with Crippen LogP contribution in [0.2, 0.25) is 9.62 Å². The van der Waals surface area contributed by atoms with E-state index in [1.54, 1.807) is 6.92 Å². The summed E-state index contributed by atoms with van der Waals surface area (Å²) in [4.78, 5) is 11.2. The van der Waals surface area contributed by atoms with Crippen LogP contribution in [0, 0.1) is 6.92 Å². The van der Waals surface area contributed by atoms with E-state index in [1.165, 1.54) is 6.07 Å². The van der Waals surface area contributed by atoms with E-state index in [-0.39, 0.29) is 19.6 Å². The molecule has 0 unspecified atom stereocenters. The maximum Gasteiger partial charge on any atom is 0.274 e.